The monoisotopic (exact) mass is 310 g/mol. The van der Waals surface area contributed by atoms with E-state index in [4.69, 9.17) is 0 Å². The van der Waals surface area contributed by atoms with Crippen molar-refractivity contribution in [1.82, 2.24) is 20.0 Å². The normalized spacial score (nSPS) is 20.5. The molecule has 0 radical (unpaired) electrons. The Labute approximate surface area is 133 Å². The van der Waals surface area contributed by atoms with E-state index >= 15 is 0 Å². The van der Waals surface area contributed by atoms with Crippen LogP contribution in [0, 0.1) is 0 Å². The van der Waals surface area contributed by atoms with E-state index in [2.05, 4.69) is 17.1 Å². The number of hydrogen-bond acceptors (Lipinski definition) is 4. The van der Waals surface area contributed by atoms with Crippen molar-refractivity contribution in [3.63, 3.8) is 0 Å². The Morgan fingerprint density at radius 2 is 1.68 bits per heavy atom. The molecule has 2 amide bonds. The van der Waals surface area contributed by atoms with E-state index in [0.29, 0.717) is 38.8 Å². The lowest BCUT2D eigenvalue weighted by Gasteiger charge is -2.38. The van der Waals surface area contributed by atoms with Crippen LogP contribution in [0.15, 0.2) is 0 Å². The van der Waals surface area contributed by atoms with Gasteiger partial charge in [-0.2, -0.15) is 0 Å². The smallest absolute Gasteiger partial charge is 0.236 e. The van der Waals surface area contributed by atoms with E-state index in [9.17, 15) is 9.59 Å². The van der Waals surface area contributed by atoms with Crippen molar-refractivity contribution >= 4 is 11.8 Å². The van der Waals surface area contributed by atoms with E-state index in [1.165, 1.54) is 0 Å². The Morgan fingerprint density at radius 3 is 2.23 bits per heavy atom. The predicted octanol–water partition coefficient (Wildman–Crippen LogP) is 0.141. The maximum absolute atomic E-state index is 12.6. The fourth-order valence-electron chi connectivity index (χ4n) is 3.39. The van der Waals surface area contributed by atoms with Gasteiger partial charge in [0.2, 0.25) is 11.8 Å². The Morgan fingerprint density at radius 1 is 1.09 bits per heavy atom. The van der Waals surface area contributed by atoms with E-state index in [1.807, 2.05) is 9.80 Å². The van der Waals surface area contributed by atoms with Crippen LogP contribution in [0.2, 0.25) is 0 Å². The largest absolute Gasteiger partial charge is 0.339 e. The number of rotatable bonds is 5. The lowest BCUT2D eigenvalue weighted by molar-refractivity contribution is -0.139. The average Bonchev–Trinajstić information content (AvgIpc) is 2.55. The molecule has 0 bridgehead atoms. The Balaban J connectivity index is 1.84. The summed E-state index contributed by atoms with van der Waals surface area (Å²) >= 11 is 0. The van der Waals surface area contributed by atoms with Gasteiger partial charge in [0.05, 0.1) is 6.54 Å². The molecule has 2 heterocycles. The molecule has 0 aromatic heterocycles. The molecule has 0 spiro atoms. The second-order valence-corrected chi connectivity index (χ2v) is 6.34. The molecule has 0 aromatic rings. The van der Waals surface area contributed by atoms with Crippen LogP contribution in [-0.2, 0) is 9.59 Å². The van der Waals surface area contributed by atoms with Gasteiger partial charge in [0.25, 0.3) is 0 Å². The van der Waals surface area contributed by atoms with Crippen molar-refractivity contribution in [3.8, 4) is 0 Å². The number of piperidine rings is 1. The zero-order valence-corrected chi connectivity index (χ0v) is 14.0. The van der Waals surface area contributed by atoms with Crippen LogP contribution < -0.4 is 5.32 Å². The van der Waals surface area contributed by atoms with Crippen molar-refractivity contribution in [2.75, 3.05) is 52.4 Å². The first-order chi connectivity index (χ1) is 10.6. The molecule has 0 saturated carbocycles. The quantitative estimate of drug-likeness (QED) is 0.785. The van der Waals surface area contributed by atoms with Gasteiger partial charge in [0, 0.05) is 39.1 Å². The SMILES string of the molecule is CCCN(CC(=O)N1CCN(C(C)=O)CC1)C1CCNCC1. The first-order valence-electron chi connectivity index (χ1n) is 8.60. The summed E-state index contributed by atoms with van der Waals surface area (Å²) in [5, 5.41) is 3.38. The van der Waals surface area contributed by atoms with Gasteiger partial charge >= 0.3 is 0 Å². The zero-order chi connectivity index (χ0) is 15.9. The second kappa shape index (κ2) is 8.48. The molecule has 22 heavy (non-hydrogen) atoms. The van der Waals surface area contributed by atoms with Crippen molar-refractivity contribution < 1.29 is 9.59 Å². The molecule has 0 atom stereocenters. The lowest BCUT2D eigenvalue weighted by Crippen LogP contribution is -2.54. The third-order valence-corrected chi connectivity index (χ3v) is 4.75. The number of nitrogens with one attached hydrogen (secondary N) is 1. The molecule has 0 aliphatic carbocycles. The zero-order valence-electron chi connectivity index (χ0n) is 14.0. The molecule has 2 aliphatic rings. The summed E-state index contributed by atoms with van der Waals surface area (Å²) < 4.78 is 0. The predicted molar refractivity (Wildman–Crippen MR) is 86.6 cm³/mol. The van der Waals surface area contributed by atoms with Crippen LogP contribution in [0.25, 0.3) is 0 Å². The summed E-state index contributed by atoms with van der Waals surface area (Å²) in [7, 11) is 0. The summed E-state index contributed by atoms with van der Waals surface area (Å²) in [6.45, 7) is 10.1. The lowest BCUT2D eigenvalue weighted by atomic mass is 10.0. The first kappa shape index (κ1) is 17.2. The van der Waals surface area contributed by atoms with Crippen LogP contribution in [0.4, 0.5) is 0 Å². The molecule has 2 fully saturated rings. The van der Waals surface area contributed by atoms with E-state index in [1.54, 1.807) is 6.92 Å². The van der Waals surface area contributed by atoms with Crippen LogP contribution in [0.1, 0.15) is 33.1 Å². The number of piperazine rings is 1. The Hall–Kier alpha value is -1.14. The van der Waals surface area contributed by atoms with Gasteiger partial charge in [0.15, 0.2) is 0 Å². The van der Waals surface area contributed by atoms with Gasteiger partial charge in [-0.05, 0) is 38.9 Å². The average molecular weight is 310 g/mol. The maximum Gasteiger partial charge on any atom is 0.236 e. The molecule has 0 aromatic carbocycles. The van der Waals surface area contributed by atoms with Gasteiger partial charge in [-0.1, -0.05) is 6.92 Å². The van der Waals surface area contributed by atoms with Crippen molar-refractivity contribution in [2.24, 2.45) is 0 Å². The highest BCUT2D eigenvalue weighted by molar-refractivity contribution is 5.79. The number of nitrogens with zero attached hydrogens (tertiary/aromatic N) is 3. The highest BCUT2D eigenvalue weighted by Gasteiger charge is 2.26. The molecular formula is C16H30N4O2. The first-order valence-corrected chi connectivity index (χ1v) is 8.60. The van der Waals surface area contributed by atoms with Gasteiger partial charge < -0.3 is 15.1 Å². The molecule has 2 aliphatic heterocycles. The molecule has 2 saturated heterocycles. The van der Waals surface area contributed by atoms with Crippen molar-refractivity contribution in [1.29, 1.82) is 0 Å². The molecule has 0 unspecified atom stereocenters. The van der Waals surface area contributed by atoms with Crippen molar-refractivity contribution in [3.05, 3.63) is 0 Å². The summed E-state index contributed by atoms with van der Waals surface area (Å²) in [6, 6.07) is 0.531. The molecule has 6 heteroatoms. The third-order valence-electron chi connectivity index (χ3n) is 4.75. The minimum Gasteiger partial charge on any atom is -0.339 e. The Kier molecular flexibility index (Phi) is 6.64. The highest BCUT2D eigenvalue weighted by atomic mass is 16.2. The standard InChI is InChI=1S/C16H30N4O2/c1-3-8-20(15-4-6-17-7-5-15)13-16(22)19-11-9-18(10-12-19)14(2)21/h15,17H,3-13H2,1-2H3. The highest BCUT2D eigenvalue weighted by Crippen LogP contribution is 2.13. The summed E-state index contributed by atoms with van der Waals surface area (Å²) in [5.41, 5.74) is 0. The number of carbonyl (C=O) groups is 2. The minimum absolute atomic E-state index is 0.106. The summed E-state index contributed by atoms with van der Waals surface area (Å²) in [5.74, 6) is 0.324. The van der Waals surface area contributed by atoms with E-state index in [-0.39, 0.29) is 11.8 Å². The van der Waals surface area contributed by atoms with Gasteiger partial charge in [-0.3, -0.25) is 14.5 Å². The molecule has 1 N–H and O–H groups in total. The summed E-state index contributed by atoms with van der Waals surface area (Å²) in [4.78, 5) is 30.0. The number of amides is 2. The molecular weight excluding hydrogens is 280 g/mol. The van der Waals surface area contributed by atoms with Crippen LogP contribution in [0.5, 0.6) is 0 Å². The number of carbonyl (C=O) groups excluding carboxylic acids is 2. The minimum atomic E-state index is 0.106. The number of hydrogen-bond donors (Lipinski definition) is 1. The fourth-order valence-corrected chi connectivity index (χ4v) is 3.39. The topological polar surface area (TPSA) is 55.9 Å². The Bertz CT molecular complexity index is 374. The van der Waals surface area contributed by atoms with Gasteiger partial charge in [-0.25, -0.2) is 0 Å². The molecule has 126 valence electrons. The van der Waals surface area contributed by atoms with Gasteiger partial charge in [0.1, 0.15) is 0 Å². The summed E-state index contributed by atoms with van der Waals surface area (Å²) in [6.07, 6.45) is 3.34. The van der Waals surface area contributed by atoms with Gasteiger partial charge in [-0.15, -0.1) is 0 Å². The third kappa shape index (κ3) is 4.68. The molecule has 2 rings (SSSR count). The van der Waals surface area contributed by atoms with E-state index < -0.39 is 0 Å². The van der Waals surface area contributed by atoms with Crippen molar-refractivity contribution in [2.45, 2.75) is 39.2 Å². The fraction of sp³-hybridized carbons (Fsp3) is 0.875. The second-order valence-electron chi connectivity index (χ2n) is 6.34. The van der Waals surface area contributed by atoms with Crippen LogP contribution >= 0.6 is 0 Å². The van der Waals surface area contributed by atoms with E-state index in [0.717, 1.165) is 38.9 Å². The molecule has 6 nitrogen and oxygen atoms in total. The van der Waals surface area contributed by atoms with Crippen LogP contribution in [-0.4, -0.2) is 84.9 Å². The van der Waals surface area contributed by atoms with Crippen LogP contribution in [0.3, 0.4) is 0 Å². The maximum atomic E-state index is 12.6.